The fraction of sp³-hybridized carbons (Fsp3) is 0.520. The average molecular weight is 384 g/mol. The summed E-state index contributed by atoms with van der Waals surface area (Å²) in [5.74, 6) is 0. The Bertz CT molecular complexity index is 809. The van der Waals surface area contributed by atoms with Crippen LogP contribution in [0.4, 0.5) is 8.78 Å². The molecule has 0 bridgehead atoms. The normalized spacial score (nSPS) is 20.2. The number of alkyl halides is 2. The molecule has 4 rings (SSSR count). The van der Waals surface area contributed by atoms with Gasteiger partial charge in [-0.25, -0.2) is 8.78 Å². The van der Waals surface area contributed by atoms with Crippen LogP contribution in [0.3, 0.4) is 0 Å². The molecule has 1 atom stereocenters. The van der Waals surface area contributed by atoms with Crippen molar-refractivity contribution in [2.75, 3.05) is 7.05 Å². The van der Waals surface area contributed by atoms with Crippen molar-refractivity contribution in [2.45, 2.75) is 75.8 Å². The van der Waals surface area contributed by atoms with Crippen LogP contribution in [-0.2, 0) is 24.3 Å². The lowest BCUT2D eigenvalue weighted by molar-refractivity contribution is 0.216. The van der Waals surface area contributed by atoms with Gasteiger partial charge < -0.3 is 0 Å². The second kappa shape index (κ2) is 7.59. The maximum atomic E-state index is 14.9. The Hall–Kier alpha value is -1.74. The lowest BCUT2D eigenvalue weighted by Gasteiger charge is -2.27. The summed E-state index contributed by atoms with van der Waals surface area (Å²) in [4.78, 5) is 2.41. The number of hydrogen-bond donors (Lipinski definition) is 0. The Balaban J connectivity index is 1.43. The topological polar surface area (TPSA) is 3.24 Å². The van der Waals surface area contributed by atoms with Crippen molar-refractivity contribution in [1.29, 1.82) is 0 Å². The first-order chi connectivity index (χ1) is 13.4. The Morgan fingerprint density at radius 1 is 0.893 bits per heavy atom. The van der Waals surface area contributed by atoms with Crippen LogP contribution in [0.5, 0.6) is 0 Å². The fourth-order valence-corrected chi connectivity index (χ4v) is 4.34. The molecule has 0 heterocycles. The van der Waals surface area contributed by atoms with Gasteiger partial charge in [0.25, 0.3) is 0 Å². The summed E-state index contributed by atoms with van der Waals surface area (Å²) < 4.78 is 29.6. The summed E-state index contributed by atoms with van der Waals surface area (Å²) in [6.07, 6.45) is 5.16. The van der Waals surface area contributed by atoms with Crippen molar-refractivity contribution in [3.05, 3.63) is 70.8 Å². The second-order valence-electron chi connectivity index (χ2n) is 8.81. The highest BCUT2D eigenvalue weighted by molar-refractivity contribution is 5.44. The molecule has 0 N–H and O–H groups in total. The number of benzene rings is 2. The van der Waals surface area contributed by atoms with Gasteiger partial charge in [0.15, 0.2) is 0 Å². The van der Waals surface area contributed by atoms with E-state index in [0.717, 1.165) is 31.4 Å². The minimum absolute atomic E-state index is 0.472. The molecular weight excluding hydrogens is 352 g/mol. The molecule has 1 unspecified atom stereocenters. The molecule has 2 aliphatic carbocycles. The number of hydrogen-bond acceptors (Lipinski definition) is 1. The van der Waals surface area contributed by atoms with Crippen LogP contribution in [0.2, 0.25) is 0 Å². The minimum atomic E-state index is -1.28. The second-order valence-corrected chi connectivity index (χ2v) is 8.81. The van der Waals surface area contributed by atoms with Crippen LogP contribution in [0.1, 0.15) is 67.7 Å². The van der Waals surface area contributed by atoms with Crippen LogP contribution in [0, 0.1) is 0 Å². The molecule has 2 aromatic rings. The van der Waals surface area contributed by atoms with Gasteiger partial charge in [-0.3, -0.25) is 4.90 Å². The fourth-order valence-electron chi connectivity index (χ4n) is 4.34. The molecule has 150 valence electrons. The van der Waals surface area contributed by atoms with Crippen molar-refractivity contribution in [3.8, 4) is 0 Å². The molecule has 0 aromatic heterocycles. The zero-order chi connectivity index (χ0) is 19.8. The third kappa shape index (κ3) is 4.15. The van der Waals surface area contributed by atoms with Crippen LogP contribution >= 0.6 is 0 Å². The van der Waals surface area contributed by atoms with Crippen molar-refractivity contribution < 1.29 is 8.78 Å². The molecular formula is C25H31F2N. The van der Waals surface area contributed by atoms with Gasteiger partial charge in [-0.2, -0.15) is 0 Å². The SMILES string of the molecule is CCC(CCc1ccc(C2(F)CC2)c(C2(F)CC2)c1)N(C)Cc1ccccc1. The number of aryl methyl sites for hydroxylation is 1. The molecule has 2 aromatic carbocycles. The first-order valence-electron chi connectivity index (χ1n) is 10.7. The van der Waals surface area contributed by atoms with Gasteiger partial charge in [0.05, 0.1) is 0 Å². The third-order valence-electron chi connectivity index (χ3n) is 6.56. The zero-order valence-corrected chi connectivity index (χ0v) is 17.1. The smallest absolute Gasteiger partial charge is 0.136 e. The first kappa shape index (κ1) is 19.6. The van der Waals surface area contributed by atoms with Crippen LogP contribution < -0.4 is 0 Å². The maximum Gasteiger partial charge on any atom is 0.136 e. The van der Waals surface area contributed by atoms with E-state index in [-0.39, 0.29) is 0 Å². The van der Waals surface area contributed by atoms with Crippen molar-refractivity contribution in [2.24, 2.45) is 0 Å². The number of rotatable bonds is 9. The van der Waals surface area contributed by atoms with Crippen molar-refractivity contribution in [3.63, 3.8) is 0 Å². The van der Waals surface area contributed by atoms with Gasteiger partial charge in [0, 0.05) is 12.6 Å². The maximum absolute atomic E-state index is 14.9. The van der Waals surface area contributed by atoms with E-state index >= 15 is 0 Å². The molecule has 0 aliphatic heterocycles. The number of nitrogens with zero attached hydrogens (tertiary/aromatic N) is 1. The standard InChI is InChI=1S/C25H31F2N/c1-3-21(28(2)18-20-7-5-4-6-8-20)11-9-19-10-12-22(24(26)13-14-24)23(17-19)25(27)15-16-25/h4-8,10,12,17,21H,3,9,11,13-16,18H2,1-2H3. The van der Waals surface area contributed by atoms with Crippen LogP contribution in [0.15, 0.2) is 48.5 Å². The van der Waals surface area contributed by atoms with Gasteiger partial charge in [-0.1, -0.05) is 55.5 Å². The van der Waals surface area contributed by atoms with Crippen LogP contribution in [0.25, 0.3) is 0 Å². The quantitative estimate of drug-likeness (QED) is 0.481. The van der Waals surface area contributed by atoms with E-state index in [4.69, 9.17) is 0 Å². The van der Waals surface area contributed by atoms with Gasteiger partial charge in [0.1, 0.15) is 11.3 Å². The molecule has 0 saturated heterocycles. The van der Waals surface area contributed by atoms with E-state index in [1.54, 1.807) is 0 Å². The molecule has 2 saturated carbocycles. The van der Waals surface area contributed by atoms with E-state index in [1.807, 2.05) is 24.3 Å². The van der Waals surface area contributed by atoms with Crippen molar-refractivity contribution >= 4 is 0 Å². The highest BCUT2D eigenvalue weighted by atomic mass is 19.1. The Kier molecular flexibility index (Phi) is 5.30. The largest absolute Gasteiger partial charge is 0.299 e. The summed E-state index contributed by atoms with van der Waals surface area (Å²) in [6.45, 7) is 3.16. The Labute approximate surface area is 167 Å². The minimum Gasteiger partial charge on any atom is -0.299 e. The highest BCUT2D eigenvalue weighted by Gasteiger charge is 2.53. The summed E-state index contributed by atoms with van der Waals surface area (Å²) >= 11 is 0. The molecule has 0 spiro atoms. The van der Waals surface area contributed by atoms with Gasteiger partial charge in [0.2, 0.25) is 0 Å². The third-order valence-corrected chi connectivity index (χ3v) is 6.56. The van der Waals surface area contributed by atoms with Gasteiger partial charge >= 0.3 is 0 Å². The molecule has 28 heavy (non-hydrogen) atoms. The lowest BCUT2D eigenvalue weighted by Crippen LogP contribution is -2.31. The predicted octanol–water partition coefficient (Wildman–Crippen LogP) is 6.45. The lowest BCUT2D eigenvalue weighted by atomic mass is 9.92. The summed E-state index contributed by atoms with van der Waals surface area (Å²) in [7, 11) is 2.18. The summed E-state index contributed by atoms with van der Waals surface area (Å²) in [5, 5.41) is 0. The molecule has 2 fully saturated rings. The molecule has 0 radical (unpaired) electrons. The Morgan fingerprint density at radius 2 is 1.54 bits per heavy atom. The molecule has 0 amide bonds. The summed E-state index contributed by atoms with van der Waals surface area (Å²) in [6, 6.07) is 16.9. The predicted molar refractivity (Wildman–Crippen MR) is 111 cm³/mol. The zero-order valence-electron chi connectivity index (χ0n) is 17.1. The summed E-state index contributed by atoms with van der Waals surface area (Å²) in [5.41, 5.74) is 1.16. The molecule has 3 heteroatoms. The van der Waals surface area contributed by atoms with E-state index in [2.05, 4.69) is 43.1 Å². The van der Waals surface area contributed by atoms with Gasteiger partial charge in [-0.15, -0.1) is 0 Å². The molecule has 2 aliphatic rings. The van der Waals surface area contributed by atoms with E-state index < -0.39 is 11.3 Å². The van der Waals surface area contributed by atoms with E-state index in [9.17, 15) is 8.78 Å². The first-order valence-corrected chi connectivity index (χ1v) is 10.7. The average Bonchev–Trinajstić information content (AvgIpc) is 3.62. The number of halogens is 2. The van der Waals surface area contributed by atoms with Crippen molar-refractivity contribution in [1.82, 2.24) is 4.90 Å². The highest BCUT2D eigenvalue weighted by Crippen LogP contribution is 2.58. The molecule has 1 nitrogen and oxygen atoms in total. The Morgan fingerprint density at radius 3 is 2.14 bits per heavy atom. The monoisotopic (exact) mass is 383 g/mol. The van der Waals surface area contributed by atoms with E-state index in [1.165, 1.54) is 5.56 Å². The van der Waals surface area contributed by atoms with E-state index in [0.29, 0.717) is 42.9 Å². The van der Waals surface area contributed by atoms with Crippen LogP contribution in [-0.4, -0.2) is 18.0 Å². The van der Waals surface area contributed by atoms with Gasteiger partial charge in [-0.05, 0) is 74.2 Å².